The molecule has 0 aliphatic rings. The lowest BCUT2D eigenvalue weighted by atomic mass is 9.87. The minimum Gasteiger partial charge on any atom is -0.497 e. The number of benzene rings is 2. The number of nitrogens with zero attached hydrogens (tertiary/aromatic N) is 3. The van der Waals surface area contributed by atoms with Crippen molar-refractivity contribution in [2.75, 3.05) is 14.2 Å². The summed E-state index contributed by atoms with van der Waals surface area (Å²) in [6.07, 6.45) is 1.69. The van der Waals surface area contributed by atoms with Crippen LogP contribution in [0.2, 0.25) is 0 Å². The molecule has 0 amide bonds. The maximum atomic E-state index is 5.42. The summed E-state index contributed by atoms with van der Waals surface area (Å²) in [5.41, 5.74) is 3.08. The van der Waals surface area contributed by atoms with Gasteiger partial charge in [-0.15, -0.1) is 0 Å². The van der Waals surface area contributed by atoms with E-state index in [1.165, 1.54) is 5.56 Å². The lowest BCUT2D eigenvalue weighted by Crippen LogP contribution is -2.10. The summed E-state index contributed by atoms with van der Waals surface area (Å²) in [6.45, 7) is 6.56. The summed E-state index contributed by atoms with van der Waals surface area (Å²) in [4.78, 5) is 0. The molecule has 3 rings (SSSR count). The average molecular weight is 397 g/mol. The van der Waals surface area contributed by atoms with Crippen molar-refractivity contribution in [1.29, 1.82) is 0 Å². The van der Waals surface area contributed by atoms with Gasteiger partial charge in [0.25, 0.3) is 0 Å². The number of aromatic nitrogens is 3. The highest BCUT2D eigenvalue weighted by molar-refractivity contribution is 7.71. The van der Waals surface area contributed by atoms with Gasteiger partial charge in [-0.3, -0.25) is 0 Å². The van der Waals surface area contributed by atoms with Gasteiger partial charge in [-0.2, -0.15) is 14.9 Å². The first-order chi connectivity index (χ1) is 13.3. The summed E-state index contributed by atoms with van der Waals surface area (Å²) in [5.74, 6) is 2.02. The SMILES string of the molecule is COc1ccc(/C=N/n2c(-c3ccc(C(C)(C)C)cc3)n[nH]c2=S)c(OC)c1. The number of H-pyrrole nitrogens is 1. The molecule has 6 nitrogen and oxygen atoms in total. The minimum absolute atomic E-state index is 0.0896. The number of rotatable bonds is 5. The molecule has 0 fully saturated rings. The Hall–Kier alpha value is -2.93. The van der Waals surface area contributed by atoms with Gasteiger partial charge in [-0.25, -0.2) is 5.10 Å². The highest BCUT2D eigenvalue weighted by Crippen LogP contribution is 2.26. The molecular formula is C21H24N4O2S. The first-order valence-corrected chi connectivity index (χ1v) is 9.29. The second kappa shape index (κ2) is 7.98. The molecule has 0 saturated carbocycles. The molecule has 1 heterocycles. The van der Waals surface area contributed by atoms with E-state index in [9.17, 15) is 0 Å². The molecular weight excluding hydrogens is 372 g/mol. The van der Waals surface area contributed by atoms with Crippen molar-refractivity contribution in [3.63, 3.8) is 0 Å². The highest BCUT2D eigenvalue weighted by atomic mass is 32.1. The first-order valence-electron chi connectivity index (χ1n) is 8.88. The quantitative estimate of drug-likeness (QED) is 0.497. The largest absolute Gasteiger partial charge is 0.497 e. The first kappa shape index (κ1) is 19.8. The van der Waals surface area contributed by atoms with E-state index < -0.39 is 0 Å². The van der Waals surface area contributed by atoms with E-state index in [0.29, 0.717) is 22.1 Å². The monoisotopic (exact) mass is 396 g/mol. The zero-order valence-corrected chi connectivity index (χ0v) is 17.5. The third-order valence-electron chi connectivity index (χ3n) is 4.41. The van der Waals surface area contributed by atoms with E-state index in [-0.39, 0.29) is 5.41 Å². The molecule has 1 N–H and O–H groups in total. The molecule has 0 unspecified atom stereocenters. The van der Waals surface area contributed by atoms with Gasteiger partial charge in [-0.1, -0.05) is 45.0 Å². The van der Waals surface area contributed by atoms with E-state index in [2.05, 4.69) is 48.2 Å². The molecule has 0 saturated heterocycles. The number of nitrogens with one attached hydrogen (secondary N) is 1. The van der Waals surface area contributed by atoms with Crippen LogP contribution < -0.4 is 9.47 Å². The Morgan fingerprint density at radius 3 is 2.39 bits per heavy atom. The van der Waals surface area contributed by atoms with Crippen molar-refractivity contribution in [2.24, 2.45) is 5.10 Å². The lowest BCUT2D eigenvalue weighted by molar-refractivity contribution is 0.394. The summed E-state index contributed by atoms with van der Waals surface area (Å²) in [7, 11) is 3.22. The van der Waals surface area contributed by atoms with Crippen LogP contribution in [0.4, 0.5) is 0 Å². The van der Waals surface area contributed by atoms with Gasteiger partial charge in [0.15, 0.2) is 5.82 Å². The normalized spacial score (nSPS) is 11.8. The lowest BCUT2D eigenvalue weighted by Gasteiger charge is -2.18. The number of methoxy groups -OCH3 is 2. The second-order valence-electron chi connectivity index (χ2n) is 7.34. The fourth-order valence-corrected chi connectivity index (χ4v) is 2.93. The van der Waals surface area contributed by atoms with Crippen LogP contribution in [-0.2, 0) is 5.41 Å². The van der Waals surface area contributed by atoms with Crippen LogP contribution in [0.15, 0.2) is 47.6 Å². The molecule has 0 aliphatic carbocycles. The van der Waals surface area contributed by atoms with Crippen LogP contribution >= 0.6 is 12.2 Å². The molecule has 0 bridgehead atoms. The average Bonchev–Trinajstić information content (AvgIpc) is 3.06. The van der Waals surface area contributed by atoms with Gasteiger partial charge in [-0.05, 0) is 35.3 Å². The van der Waals surface area contributed by atoms with Gasteiger partial charge in [0.05, 0.1) is 20.4 Å². The molecule has 28 heavy (non-hydrogen) atoms. The summed E-state index contributed by atoms with van der Waals surface area (Å²) < 4.78 is 12.7. The molecule has 3 aromatic rings. The van der Waals surface area contributed by atoms with Crippen LogP contribution in [-0.4, -0.2) is 35.3 Å². The molecule has 0 radical (unpaired) electrons. The zero-order valence-electron chi connectivity index (χ0n) is 16.7. The van der Waals surface area contributed by atoms with Crippen LogP contribution in [0.5, 0.6) is 11.5 Å². The van der Waals surface area contributed by atoms with Gasteiger partial charge in [0.2, 0.25) is 4.77 Å². The van der Waals surface area contributed by atoms with E-state index in [1.54, 1.807) is 25.1 Å². The fourth-order valence-electron chi connectivity index (χ4n) is 2.75. The third-order valence-corrected chi connectivity index (χ3v) is 4.68. The van der Waals surface area contributed by atoms with E-state index >= 15 is 0 Å². The molecule has 0 spiro atoms. The van der Waals surface area contributed by atoms with Crippen molar-refractivity contribution >= 4 is 18.4 Å². The topological polar surface area (TPSA) is 64.4 Å². The van der Waals surface area contributed by atoms with E-state index in [0.717, 1.165) is 11.1 Å². The Bertz CT molecular complexity index is 1040. The Labute approximate surface area is 169 Å². The van der Waals surface area contributed by atoms with Gasteiger partial charge in [0.1, 0.15) is 11.5 Å². The maximum Gasteiger partial charge on any atom is 0.216 e. The summed E-state index contributed by atoms with van der Waals surface area (Å²) in [6, 6.07) is 13.8. The van der Waals surface area contributed by atoms with Crippen LogP contribution in [0.3, 0.4) is 0 Å². The Kier molecular flexibility index (Phi) is 5.65. The van der Waals surface area contributed by atoms with E-state index in [1.807, 2.05) is 30.3 Å². The standard InChI is InChI=1S/C21H24N4O2S/c1-21(2,3)16-9-6-14(7-10-16)19-23-24-20(28)25(19)22-13-15-8-11-17(26-4)12-18(15)27-5/h6-13H,1-5H3,(H,24,28)/b22-13+. The van der Waals surface area contributed by atoms with Gasteiger partial charge >= 0.3 is 0 Å². The predicted molar refractivity (Wildman–Crippen MR) is 114 cm³/mol. The highest BCUT2D eigenvalue weighted by Gasteiger charge is 2.15. The molecule has 1 aromatic heterocycles. The fraction of sp³-hybridized carbons (Fsp3) is 0.286. The molecule has 0 aliphatic heterocycles. The van der Waals surface area contributed by atoms with Crippen LogP contribution in [0.25, 0.3) is 11.4 Å². The number of aromatic amines is 1. The molecule has 146 valence electrons. The van der Waals surface area contributed by atoms with Crippen molar-refractivity contribution in [3.05, 3.63) is 58.4 Å². The van der Waals surface area contributed by atoms with Crippen molar-refractivity contribution in [3.8, 4) is 22.9 Å². The van der Waals surface area contributed by atoms with Crippen LogP contribution in [0.1, 0.15) is 31.9 Å². The van der Waals surface area contributed by atoms with Gasteiger partial charge < -0.3 is 9.47 Å². The third kappa shape index (κ3) is 4.14. The molecule has 7 heteroatoms. The minimum atomic E-state index is 0.0896. The Balaban J connectivity index is 1.96. The van der Waals surface area contributed by atoms with Crippen molar-refractivity contribution < 1.29 is 9.47 Å². The second-order valence-corrected chi connectivity index (χ2v) is 7.73. The molecule has 0 atom stereocenters. The van der Waals surface area contributed by atoms with E-state index in [4.69, 9.17) is 21.7 Å². The van der Waals surface area contributed by atoms with Crippen LogP contribution in [0, 0.1) is 4.77 Å². The molecule has 2 aromatic carbocycles. The summed E-state index contributed by atoms with van der Waals surface area (Å²) in [5, 5.41) is 11.7. The van der Waals surface area contributed by atoms with Crippen molar-refractivity contribution in [2.45, 2.75) is 26.2 Å². The zero-order chi connectivity index (χ0) is 20.3. The predicted octanol–water partition coefficient (Wildman–Crippen LogP) is 4.80. The maximum absolute atomic E-state index is 5.42. The number of hydrogen-bond donors (Lipinski definition) is 1. The number of hydrogen-bond acceptors (Lipinski definition) is 5. The smallest absolute Gasteiger partial charge is 0.216 e. The Morgan fingerprint density at radius 1 is 1.07 bits per heavy atom. The number of ether oxygens (including phenoxy) is 2. The Morgan fingerprint density at radius 2 is 1.79 bits per heavy atom. The van der Waals surface area contributed by atoms with Gasteiger partial charge in [0, 0.05) is 17.2 Å². The van der Waals surface area contributed by atoms with Crippen molar-refractivity contribution in [1.82, 2.24) is 14.9 Å². The summed E-state index contributed by atoms with van der Waals surface area (Å²) >= 11 is 5.35.